The normalized spacial score (nSPS) is 17.4. The number of carbonyl (C=O) groups is 1. The van der Waals surface area contributed by atoms with Gasteiger partial charge in [0.15, 0.2) is 5.82 Å². The van der Waals surface area contributed by atoms with E-state index in [4.69, 9.17) is 0 Å². The molecule has 8 rings (SSSR count). The third-order valence-corrected chi connectivity index (χ3v) is 11.9. The summed E-state index contributed by atoms with van der Waals surface area (Å²) in [5.74, 6) is -10.4. The number of fused-ring (bicyclic) bond motifs is 5. The van der Waals surface area contributed by atoms with Crippen LogP contribution in [0, 0.1) is 17.6 Å². The first-order valence-electron chi connectivity index (χ1n) is 19.9. The molecular weight excluding hydrogens is 929 g/mol. The number of hydrogen-bond acceptors (Lipinski definition) is 7. The van der Waals surface area contributed by atoms with E-state index < -0.39 is 143 Å². The molecule has 6 aromatic rings. The number of carbonyl (C=O) groups excluding carboxylic acids is 1. The zero-order chi connectivity index (χ0) is 48.0. The number of nitrogens with one attached hydrogen (secondary N) is 2. The number of rotatable bonds is 14. The second-order valence-corrected chi connectivity index (χ2v) is 18.0. The maximum atomic E-state index is 15.5. The first kappa shape index (κ1) is 46.4. The maximum Gasteiger partial charge on any atom is 0.389 e. The minimum absolute atomic E-state index is 0.0316. The Morgan fingerprint density at radius 2 is 1.59 bits per heavy atom. The summed E-state index contributed by atoms with van der Waals surface area (Å²) in [5, 5.41) is 9.80. The molecule has 2 N–H and O–H groups in total. The summed E-state index contributed by atoms with van der Waals surface area (Å²) in [6.07, 6.45) is -16.6. The molecule has 3 aromatic carbocycles. The zero-order valence-corrected chi connectivity index (χ0v) is 35.0. The van der Waals surface area contributed by atoms with Crippen molar-refractivity contribution in [3.05, 3.63) is 110 Å². The van der Waals surface area contributed by atoms with Gasteiger partial charge in [0.05, 0.1) is 39.8 Å². The van der Waals surface area contributed by atoms with Gasteiger partial charge in [0.1, 0.15) is 35.4 Å². The lowest BCUT2D eigenvalue weighted by atomic mass is 10.0. The third kappa shape index (κ3) is 9.17. The van der Waals surface area contributed by atoms with Crippen molar-refractivity contribution in [3.8, 4) is 5.69 Å². The molecule has 25 heteroatoms. The predicted molar refractivity (Wildman–Crippen MR) is 212 cm³/mol. The van der Waals surface area contributed by atoms with Crippen molar-refractivity contribution in [1.29, 1.82) is 0 Å². The number of sulfonamides is 1. The number of amides is 1. The maximum absolute atomic E-state index is 15.5. The van der Waals surface area contributed by atoms with Gasteiger partial charge in [-0.1, -0.05) is 12.1 Å². The highest BCUT2D eigenvalue weighted by atomic mass is 32.2. The van der Waals surface area contributed by atoms with E-state index in [-0.39, 0.29) is 50.6 Å². The Bertz CT molecular complexity index is 3090. The van der Waals surface area contributed by atoms with Crippen molar-refractivity contribution < 1.29 is 65.9 Å². The number of halogens is 12. The molecule has 0 bridgehead atoms. The molecule has 2 aliphatic rings. The van der Waals surface area contributed by atoms with Crippen LogP contribution in [0.4, 0.5) is 58.5 Å². The van der Waals surface area contributed by atoms with Crippen LogP contribution in [0.5, 0.6) is 0 Å². The van der Waals surface area contributed by atoms with Gasteiger partial charge in [-0.05, 0) is 72.2 Å². The Morgan fingerprint density at radius 3 is 2.23 bits per heavy atom. The van der Waals surface area contributed by atoms with E-state index in [0.717, 1.165) is 51.9 Å². The molecule has 0 spiro atoms. The van der Waals surface area contributed by atoms with Crippen LogP contribution in [-0.4, -0.2) is 62.0 Å². The fourth-order valence-electron chi connectivity index (χ4n) is 8.66. The van der Waals surface area contributed by atoms with E-state index in [1.165, 1.54) is 13.1 Å². The van der Waals surface area contributed by atoms with Crippen molar-refractivity contribution in [2.45, 2.75) is 81.7 Å². The summed E-state index contributed by atoms with van der Waals surface area (Å²) in [5.41, 5.74) is -4.32. The highest BCUT2D eigenvalue weighted by Gasteiger charge is 2.67. The fraction of sp³-hybridized carbons (Fsp3) is 0.390. The third-order valence-electron chi connectivity index (χ3n) is 11.4. The first-order chi connectivity index (χ1) is 30.7. The molecule has 3 aromatic heterocycles. The van der Waals surface area contributed by atoms with Gasteiger partial charge in [0.2, 0.25) is 15.9 Å². The smallest absolute Gasteiger partial charge is 0.344 e. The van der Waals surface area contributed by atoms with Gasteiger partial charge in [-0.15, -0.1) is 0 Å². The lowest BCUT2D eigenvalue weighted by Crippen LogP contribution is -2.38. The first-order valence-corrected chi connectivity index (χ1v) is 21.8. The van der Waals surface area contributed by atoms with Crippen LogP contribution in [0.25, 0.3) is 27.5 Å². The molecule has 1 fully saturated rings. The monoisotopic (exact) mass is 962 g/mol. The van der Waals surface area contributed by atoms with Gasteiger partial charge in [0.25, 0.3) is 17.9 Å². The molecule has 3 heterocycles. The largest absolute Gasteiger partial charge is 0.389 e. The van der Waals surface area contributed by atoms with Crippen LogP contribution in [0.15, 0.2) is 53.3 Å². The molecule has 0 radical (unpaired) electrons. The molecule has 2 aliphatic carbocycles. The number of hydrogen-bond donors (Lipinski definition) is 2. The summed E-state index contributed by atoms with van der Waals surface area (Å²) < 4.78 is 199. The number of benzene rings is 3. The van der Waals surface area contributed by atoms with E-state index in [1.807, 2.05) is 0 Å². The van der Waals surface area contributed by atoms with Crippen molar-refractivity contribution in [2.24, 2.45) is 13.0 Å². The Kier molecular flexibility index (Phi) is 11.5. The Morgan fingerprint density at radius 1 is 0.924 bits per heavy atom. The molecule has 1 amide bonds. The Balaban J connectivity index is 1.35. The van der Waals surface area contributed by atoms with E-state index in [0.29, 0.717) is 10.7 Å². The Hall–Kier alpha value is -6.14. The van der Waals surface area contributed by atoms with Crippen molar-refractivity contribution in [3.63, 3.8) is 0 Å². The van der Waals surface area contributed by atoms with E-state index in [9.17, 15) is 61.9 Å². The topological polar surface area (TPSA) is 146 Å². The standard InChI is InChI=1S/C41H34F12N8O4S/c1-59-33-28(6-4-20(8-10-40(49,50)51)30(33)36(57-59)58-66(2,64)65)61-37(55-26-13-18(7-9-39(46,47)48)3-5-23(26)38(61)63)27(14-19-11-21(42)15-22(43)12-19)54-29(62)17-60-34-31(32(56-60)35(44)45)24-16-25(24)41(34,52)53/h3-6,11-13,15,24-25,27,35H,7-10,14,16-17H2,1-2H3,(H,54,62)(H,57,58)/t24-,25+,27-/m0/s1. The van der Waals surface area contributed by atoms with Crippen LogP contribution >= 0.6 is 0 Å². The van der Waals surface area contributed by atoms with Crippen molar-refractivity contribution in [2.75, 3.05) is 11.0 Å². The summed E-state index contributed by atoms with van der Waals surface area (Å²) in [6, 6.07) is 6.18. The van der Waals surface area contributed by atoms with Gasteiger partial charge < -0.3 is 5.32 Å². The fourth-order valence-corrected chi connectivity index (χ4v) is 9.15. The molecule has 66 heavy (non-hydrogen) atoms. The van der Waals surface area contributed by atoms with Gasteiger partial charge in [-0.25, -0.2) is 31.0 Å². The molecule has 0 aliphatic heterocycles. The van der Waals surface area contributed by atoms with Gasteiger partial charge in [-0.2, -0.15) is 45.3 Å². The number of nitrogens with zero attached hydrogens (tertiary/aromatic N) is 6. The van der Waals surface area contributed by atoms with Crippen molar-refractivity contribution in [1.82, 2.24) is 34.4 Å². The quantitative estimate of drug-likeness (QED) is 0.104. The van der Waals surface area contributed by atoms with E-state index in [1.54, 1.807) is 0 Å². The minimum atomic E-state index is -4.70. The van der Waals surface area contributed by atoms with Crippen LogP contribution < -0.4 is 15.6 Å². The minimum Gasteiger partial charge on any atom is -0.344 e. The summed E-state index contributed by atoms with van der Waals surface area (Å²) >= 11 is 0. The summed E-state index contributed by atoms with van der Waals surface area (Å²) in [7, 11) is -2.92. The average molecular weight is 963 g/mol. The van der Waals surface area contributed by atoms with Crippen LogP contribution in [0.2, 0.25) is 0 Å². The highest BCUT2D eigenvalue weighted by Crippen LogP contribution is 2.68. The average Bonchev–Trinajstić information content (AvgIpc) is 3.73. The molecule has 3 atom stereocenters. The lowest BCUT2D eigenvalue weighted by molar-refractivity contribution is -0.134. The molecule has 0 unspecified atom stereocenters. The van der Waals surface area contributed by atoms with Crippen molar-refractivity contribution >= 4 is 43.6 Å². The number of alkyl halides is 10. The number of aryl methyl sites for hydroxylation is 3. The van der Waals surface area contributed by atoms with Crippen LogP contribution in [0.1, 0.15) is 77.1 Å². The summed E-state index contributed by atoms with van der Waals surface area (Å²) in [4.78, 5) is 33.6. The molecule has 12 nitrogen and oxygen atoms in total. The van der Waals surface area contributed by atoms with Gasteiger partial charge in [-0.3, -0.25) is 28.2 Å². The SMILES string of the molecule is Cn1nc(NS(C)(=O)=O)c2c(CCC(F)(F)F)ccc(-n3c([C@H](Cc4cc(F)cc(F)c4)NC(=O)Cn4nc(C(F)F)c5c4C(F)(F)[C@@H]4C[C@H]54)nc4cc(CCC(F)(F)F)ccc4c3=O)c21. The van der Waals surface area contributed by atoms with Crippen LogP contribution in [-0.2, 0) is 53.6 Å². The van der Waals surface area contributed by atoms with Crippen LogP contribution in [0.3, 0.4) is 0 Å². The molecular formula is C41H34F12N8O4S. The summed E-state index contributed by atoms with van der Waals surface area (Å²) in [6.45, 7) is -1.14. The predicted octanol–water partition coefficient (Wildman–Crippen LogP) is 8.36. The van der Waals surface area contributed by atoms with Gasteiger partial charge >= 0.3 is 12.4 Å². The second-order valence-electron chi connectivity index (χ2n) is 16.3. The molecule has 352 valence electrons. The number of anilines is 1. The Labute approximate surface area is 364 Å². The molecule has 0 saturated heterocycles. The van der Waals surface area contributed by atoms with E-state index >= 15 is 8.78 Å². The second kappa shape index (κ2) is 16.3. The zero-order valence-electron chi connectivity index (χ0n) is 34.1. The molecule has 1 saturated carbocycles. The highest BCUT2D eigenvalue weighted by molar-refractivity contribution is 7.92. The lowest BCUT2D eigenvalue weighted by Gasteiger charge is -2.24. The van der Waals surface area contributed by atoms with Gasteiger partial charge in [0, 0.05) is 43.9 Å². The van der Waals surface area contributed by atoms with E-state index in [2.05, 4.69) is 25.2 Å². The number of aromatic nitrogens is 6.